The van der Waals surface area contributed by atoms with Gasteiger partial charge in [0.15, 0.2) is 0 Å². The summed E-state index contributed by atoms with van der Waals surface area (Å²) in [7, 11) is 2.36. The summed E-state index contributed by atoms with van der Waals surface area (Å²) < 4.78 is 16.3. The molecule has 6 nitrogen and oxygen atoms in total. The molecule has 0 spiro atoms. The molecule has 130 valence electrons. The van der Waals surface area contributed by atoms with E-state index in [0.29, 0.717) is 12.6 Å². The van der Waals surface area contributed by atoms with E-state index < -0.39 is 14.8 Å². The van der Waals surface area contributed by atoms with E-state index in [0.717, 1.165) is 19.0 Å². The highest BCUT2D eigenvalue weighted by atomic mass is 28.4. The minimum Gasteiger partial charge on any atom is -0.481 e. The highest BCUT2D eigenvalue weighted by Gasteiger charge is 2.37. The van der Waals surface area contributed by atoms with Crippen molar-refractivity contribution in [1.82, 2.24) is 4.90 Å². The Hall–Kier alpha value is -0.473. The molecular formula is C15H31NO5Si. The van der Waals surface area contributed by atoms with Crippen LogP contribution in [0, 0.1) is 0 Å². The van der Waals surface area contributed by atoms with Gasteiger partial charge in [-0.3, -0.25) is 9.69 Å². The Morgan fingerprint density at radius 1 is 1.09 bits per heavy atom. The molecule has 1 N–H and O–H groups in total. The number of hydrogen-bond acceptors (Lipinski definition) is 5. The van der Waals surface area contributed by atoms with Crippen molar-refractivity contribution in [1.29, 1.82) is 0 Å². The summed E-state index contributed by atoms with van der Waals surface area (Å²) in [5.41, 5.74) is 0. The smallest absolute Gasteiger partial charge is 0.481 e. The number of nitrogens with zero attached hydrogens (tertiary/aromatic N) is 1. The van der Waals surface area contributed by atoms with Gasteiger partial charge in [-0.05, 0) is 25.8 Å². The monoisotopic (exact) mass is 333 g/mol. The fourth-order valence-corrected chi connectivity index (χ4v) is 4.92. The number of aliphatic carboxylic acids is 1. The third-order valence-corrected chi connectivity index (χ3v) is 7.40. The Balaban J connectivity index is 2.50. The first-order valence-electron chi connectivity index (χ1n) is 8.18. The van der Waals surface area contributed by atoms with Gasteiger partial charge in [-0.25, -0.2) is 0 Å². The molecule has 7 heteroatoms. The maximum absolute atomic E-state index is 10.9. The molecule has 0 aromatic carbocycles. The highest BCUT2D eigenvalue weighted by Crippen LogP contribution is 2.24. The van der Waals surface area contributed by atoms with Gasteiger partial charge in [0.05, 0.1) is 6.42 Å². The first-order valence-corrected chi connectivity index (χ1v) is 10.1. The van der Waals surface area contributed by atoms with Crippen LogP contribution in [-0.4, -0.2) is 65.2 Å². The number of carbonyl (C=O) groups is 1. The third-order valence-electron chi connectivity index (χ3n) is 4.57. The quantitative estimate of drug-likeness (QED) is 0.586. The van der Waals surface area contributed by atoms with Gasteiger partial charge in [0.2, 0.25) is 0 Å². The minimum atomic E-state index is -2.52. The average molecular weight is 334 g/mol. The van der Waals surface area contributed by atoms with Crippen LogP contribution in [0.3, 0.4) is 0 Å². The van der Waals surface area contributed by atoms with Gasteiger partial charge < -0.3 is 18.4 Å². The van der Waals surface area contributed by atoms with Crippen LogP contribution in [-0.2, 0) is 18.1 Å². The van der Waals surface area contributed by atoms with Crippen LogP contribution in [0.25, 0.3) is 0 Å². The molecular weight excluding hydrogens is 302 g/mol. The minimum absolute atomic E-state index is 0.206. The Bertz CT molecular complexity index is 311. The molecule has 0 bridgehead atoms. The Morgan fingerprint density at radius 3 is 2.18 bits per heavy atom. The molecule has 1 rings (SSSR count). The molecule has 1 aliphatic carbocycles. The van der Waals surface area contributed by atoms with Crippen molar-refractivity contribution >= 4 is 14.8 Å². The van der Waals surface area contributed by atoms with Gasteiger partial charge in [-0.1, -0.05) is 19.3 Å². The van der Waals surface area contributed by atoms with Crippen LogP contribution >= 0.6 is 0 Å². The van der Waals surface area contributed by atoms with Crippen molar-refractivity contribution in [2.75, 3.05) is 34.4 Å². The van der Waals surface area contributed by atoms with Gasteiger partial charge >= 0.3 is 14.8 Å². The molecule has 0 aromatic heterocycles. The average Bonchev–Trinajstić information content (AvgIpc) is 2.55. The lowest BCUT2D eigenvalue weighted by atomic mass is 9.94. The topological polar surface area (TPSA) is 68.2 Å². The van der Waals surface area contributed by atoms with Crippen molar-refractivity contribution in [2.45, 2.75) is 57.0 Å². The molecule has 1 fully saturated rings. The zero-order chi connectivity index (χ0) is 16.4. The van der Waals surface area contributed by atoms with E-state index in [9.17, 15) is 4.79 Å². The van der Waals surface area contributed by atoms with E-state index >= 15 is 0 Å². The van der Waals surface area contributed by atoms with Gasteiger partial charge in [0, 0.05) is 40.0 Å². The SMILES string of the molecule is CO[Si](CCCN(CCC(=O)O)C1CCCCC1)(OC)OC. The molecule has 0 saturated heterocycles. The van der Waals surface area contributed by atoms with Crippen LogP contribution in [0.4, 0.5) is 0 Å². The second-order valence-electron chi connectivity index (χ2n) is 5.87. The molecule has 0 atom stereocenters. The normalized spacial score (nSPS) is 17.1. The highest BCUT2D eigenvalue weighted by molar-refractivity contribution is 6.60. The Kier molecular flexibility index (Phi) is 9.19. The van der Waals surface area contributed by atoms with Crippen LogP contribution in [0.5, 0.6) is 0 Å². The predicted molar refractivity (Wildman–Crippen MR) is 86.9 cm³/mol. The molecule has 0 heterocycles. The number of carboxylic acids is 1. The van der Waals surface area contributed by atoms with E-state index in [-0.39, 0.29) is 6.42 Å². The summed E-state index contributed by atoms with van der Waals surface area (Å²) in [5, 5.41) is 8.95. The van der Waals surface area contributed by atoms with E-state index in [1.54, 1.807) is 21.3 Å². The first kappa shape index (κ1) is 19.6. The van der Waals surface area contributed by atoms with E-state index in [1.807, 2.05) is 0 Å². The Morgan fingerprint density at radius 2 is 1.68 bits per heavy atom. The van der Waals surface area contributed by atoms with Crippen LogP contribution in [0.15, 0.2) is 0 Å². The summed E-state index contributed by atoms with van der Waals surface area (Å²) in [5.74, 6) is -0.727. The zero-order valence-electron chi connectivity index (χ0n) is 14.2. The molecule has 0 amide bonds. The van der Waals surface area contributed by atoms with E-state index in [1.165, 1.54) is 32.1 Å². The summed E-state index contributed by atoms with van der Waals surface area (Å²) in [6.07, 6.45) is 7.27. The summed E-state index contributed by atoms with van der Waals surface area (Å²) in [4.78, 5) is 13.2. The molecule has 22 heavy (non-hydrogen) atoms. The van der Waals surface area contributed by atoms with Crippen molar-refractivity contribution in [2.24, 2.45) is 0 Å². The van der Waals surface area contributed by atoms with Crippen molar-refractivity contribution in [3.8, 4) is 0 Å². The van der Waals surface area contributed by atoms with Gasteiger partial charge in [0.1, 0.15) is 0 Å². The van der Waals surface area contributed by atoms with Crippen LogP contribution in [0.1, 0.15) is 44.9 Å². The maximum Gasteiger partial charge on any atom is 0.500 e. The van der Waals surface area contributed by atoms with Crippen molar-refractivity contribution in [3.63, 3.8) is 0 Å². The molecule has 1 aliphatic rings. The second-order valence-corrected chi connectivity index (χ2v) is 8.96. The van der Waals surface area contributed by atoms with Gasteiger partial charge in [-0.2, -0.15) is 0 Å². The molecule has 0 unspecified atom stereocenters. The number of rotatable bonds is 11. The fourth-order valence-electron chi connectivity index (χ4n) is 3.22. The standard InChI is InChI=1S/C15H31NO5Si/c1-19-22(20-2,21-3)13-7-11-16(12-10-15(17)18)14-8-5-4-6-9-14/h14H,4-13H2,1-3H3,(H,17,18). The predicted octanol–water partition coefficient (Wildman–Crippen LogP) is 2.36. The Labute approximate surface area is 135 Å². The molecule has 1 saturated carbocycles. The third kappa shape index (κ3) is 6.34. The van der Waals surface area contributed by atoms with Gasteiger partial charge in [0.25, 0.3) is 0 Å². The molecule has 0 aromatic rings. The van der Waals surface area contributed by atoms with Crippen molar-refractivity contribution < 1.29 is 23.2 Å². The lowest BCUT2D eigenvalue weighted by Crippen LogP contribution is -2.44. The largest absolute Gasteiger partial charge is 0.500 e. The maximum atomic E-state index is 10.9. The molecule has 0 radical (unpaired) electrons. The summed E-state index contributed by atoms with van der Waals surface area (Å²) >= 11 is 0. The summed E-state index contributed by atoms with van der Waals surface area (Å²) in [6, 6.07) is 1.28. The van der Waals surface area contributed by atoms with Crippen LogP contribution < -0.4 is 0 Å². The lowest BCUT2D eigenvalue weighted by Gasteiger charge is -2.34. The number of hydrogen-bond donors (Lipinski definition) is 1. The zero-order valence-corrected chi connectivity index (χ0v) is 15.2. The number of carboxylic acid groups (broad SMARTS) is 1. The van der Waals surface area contributed by atoms with Crippen molar-refractivity contribution in [3.05, 3.63) is 0 Å². The van der Waals surface area contributed by atoms with Crippen LogP contribution in [0.2, 0.25) is 6.04 Å². The lowest BCUT2D eigenvalue weighted by molar-refractivity contribution is -0.137. The molecule has 0 aliphatic heterocycles. The first-order chi connectivity index (χ1) is 10.6. The second kappa shape index (κ2) is 10.3. The van der Waals surface area contributed by atoms with E-state index in [2.05, 4.69) is 4.90 Å². The van der Waals surface area contributed by atoms with Gasteiger partial charge in [-0.15, -0.1) is 0 Å². The van der Waals surface area contributed by atoms with E-state index in [4.69, 9.17) is 18.4 Å². The fraction of sp³-hybridized carbons (Fsp3) is 0.933. The summed E-state index contributed by atoms with van der Waals surface area (Å²) in [6.45, 7) is 1.50.